The molecular weight excluding hydrogens is 457 g/mol. The van der Waals surface area contributed by atoms with Crippen molar-refractivity contribution in [2.75, 3.05) is 32.4 Å². The molecule has 144 valence electrons. The third kappa shape index (κ3) is 3.66. The summed E-state index contributed by atoms with van der Waals surface area (Å²) in [6.07, 6.45) is 9.89. The maximum absolute atomic E-state index is 12.5. The molecule has 1 aliphatic heterocycles. The monoisotopic (exact) mass is 481 g/mol. The zero-order valence-electron chi connectivity index (χ0n) is 15.4. The number of aromatic nitrogens is 4. The van der Waals surface area contributed by atoms with Gasteiger partial charge in [-0.2, -0.15) is 5.10 Å². The van der Waals surface area contributed by atoms with Crippen molar-refractivity contribution in [3.05, 3.63) is 22.2 Å². The molecular formula is C18H24IN7O. The third-order valence-electron chi connectivity index (χ3n) is 5.65. The number of nitrogen functional groups attached to an aromatic ring is 1. The minimum absolute atomic E-state index is 0.0693. The Labute approximate surface area is 171 Å². The Balaban J connectivity index is 1.40. The molecule has 4 rings (SSSR count). The van der Waals surface area contributed by atoms with Crippen LogP contribution in [0.15, 0.2) is 18.5 Å². The number of carbonyl (C=O) groups excluding carboxylic acids is 1. The second-order valence-electron chi connectivity index (χ2n) is 7.35. The minimum Gasteiger partial charge on any atom is -0.383 e. The first kappa shape index (κ1) is 18.6. The fourth-order valence-corrected chi connectivity index (χ4v) is 4.50. The number of fused-ring (bicyclic) bond motifs is 1. The lowest BCUT2D eigenvalue weighted by molar-refractivity contribution is -0.125. The van der Waals surface area contributed by atoms with E-state index in [9.17, 15) is 4.79 Å². The van der Waals surface area contributed by atoms with Crippen LogP contribution in [0.25, 0.3) is 11.0 Å². The molecule has 1 saturated carbocycles. The largest absolute Gasteiger partial charge is 0.383 e. The van der Waals surface area contributed by atoms with Crippen molar-refractivity contribution in [1.29, 1.82) is 0 Å². The third-order valence-corrected chi connectivity index (χ3v) is 6.40. The summed E-state index contributed by atoms with van der Waals surface area (Å²) >= 11 is 2.16. The van der Waals surface area contributed by atoms with Gasteiger partial charge in [0.25, 0.3) is 0 Å². The molecule has 9 heteroatoms. The lowest BCUT2D eigenvalue weighted by atomic mass is 9.92. The predicted octanol–water partition coefficient (Wildman–Crippen LogP) is 1.83. The van der Waals surface area contributed by atoms with Gasteiger partial charge in [-0.1, -0.05) is 12.5 Å². The number of likely N-dealkylation sites (N-methyl/N-ethyl adjacent to an activating group) is 1. The van der Waals surface area contributed by atoms with E-state index in [2.05, 4.69) is 49.6 Å². The zero-order chi connectivity index (χ0) is 19.0. The van der Waals surface area contributed by atoms with Crippen LogP contribution in [-0.4, -0.2) is 68.2 Å². The number of carbonyl (C=O) groups is 1. The standard InChI is InChI=1S/C18H24IN7O/c1-24(12-4-2-5-12)8-3-6-14(27)25-9-7-13(10-25)26-18-15(16(19)23-26)17(20)21-11-22-18/h3,6,11-13H,2,4-5,7-10H2,1H3,(H2,20,21,22)/t13-/m1/s1. The van der Waals surface area contributed by atoms with Gasteiger partial charge in [0.05, 0.1) is 11.4 Å². The average Bonchev–Trinajstić information content (AvgIpc) is 3.19. The molecule has 2 N–H and O–H groups in total. The van der Waals surface area contributed by atoms with E-state index >= 15 is 0 Å². The van der Waals surface area contributed by atoms with Gasteiger partial charge in [-0.15, -0.1) is 0 Å². The van der Waals surface area contributed by atoms with E-state index < -0.39 is 0 Å². The number of rotatable bonds is 5. The second kappa shape index (κ2) is 7.70. The number of halogens is 1. The Morgan fingerprint density at radius 1 is 1.41 bits per heavy atom. The smallest absolute Gasteiger partial charge is 0.246 e. The predicted molar refractivity (Wildman–Crippen MR) is 112 cm³/mol. The fourth-order valence-electron chi connectivity index (χ4n) is 3.75. The Hall–Kier alpha value is -1.75. The molecule has 0 bridgehead atoms. The van der Waals surface area contributed by atoms with Crippen LogP contribution in [0.1, 0.15) is 31.7 Å². The molecule has 0 spiro atoms. The van der Waals surface area contributed by atoms with Crippen molar-refractivity contribution < 1.29 is 4.79 Å². The highest BCUT2D eigenvalue weighted by atomic mass is 127. The first-order chi connectivity index (χ1) is 13.0. The van der Waals surface area contributed by atoms with Gasteiger partial charge in [-0.3, -0.25) is 9.69 Å². The molecule has 1 atom stereocenters. The SMILES string of the molecule is CN(CC=CC(=O)N1CC[C@@H](n2nc(I)c3c(N)ncnc32)C1)C1CCC1. The summed E-state index contributed by atoms with van der Waals surface area (Å²) in [6, 6.07) is 0.797. The quantitative estimate of drug-likeness (QED) is 0.518. The Kier molecular flexibility index (Phi) is 5.31. The molecule has 27 heavy (non-hydrogen) atoms. The molecule has 2 aliphatic rings. The number of likely N-dealkylation sites (tertiary alicyclic amines) is 1. The highest BCUT2D eigenvalue weighted by molar-refractivity contribution is 14.1. The first-order valence-corrected chi connectivity index (χ1v) is 10.4. The lowest BCUT2D eigenvalue weighted by Crippen LogP contribution is -2.37. The summed E-state index contributed by atoms with van der Waals surface area (Å²) in [6.45, 7) is 2.19. The average molecular weight is 481 g/mol. The van der Waals surface area contributed by atoms with Crippen LogP contribution in [0.2, 0.25) is 0 Å². The summed E-state index contributed by atoms with van der Waals surface area (Å²) in [5, 5.41) is 5.40. The molecule has 1 saturated heterocycles. The summed E-state index contributed by atoms with van der Waals surface area (Å²) in [7, 11) is 2.13. The molecule has 2 aromatic heterocycles. The van der Waals surface area contributed by atoms with Crippen LogP contribution in [0, 0.1) is 3.70 Å². The Morgan fingerprint density at radius 2 is 2.22 bits per heavy atom. The van der Waals surface area contributed by atoms with Crippen molar-refractivity contribution in [3.8, 4) is 0 Å². The highest BCUT2D eigenvalue weighted by Crippen LogP contribution is 2.29. The van der Waals surface area contributed by atoms with Crippen LogP contribution < -0.4 is 5.73 Å². The topological polar surface area (TPSA) is 93.2 Å². The van der Waals surface area contributed by atoms with Gasteiger partial charge in [0.15, 0.2) is 5.65 Å². The maximum Gasteiger partial charge on any atom is 0.246 e. The molecule has 8 nitrogen and oxygen atoms in total. The minimum atomic E-state index is 0.0693. The molecule has 1 aliphatic carbocycles. The van der Waals surface area contributed by atoms with E-state index in [-0.39, 0.29) is 11.9 Å². The summed E-state index contributed by atoms with van der Waals surface area (Å²) in [4.78, 5) is 25.1. The Morgan fingerprint density at radius 3 is 2.96 bits per heavy atom. The summed E-state index contributed by atoms with van der Waals surface area (Å²) in [5.74, 6) is 0.514. The van der Waals surface area contributed by atoms with E-state index in [1.165, 1.54) is 25.6 Å². The normalized spacial score (nSPS) is 20.9. The van der Waals surface area contributed by atoms with Gasteiger partial charge in [0.1, 0.15) is 15.8 Å². The van der Waals surface area contributed by atoms with Crippen LogP contribution >= 0.6 is 22.6 Å². The van der Waals surface area contributed by atoms with Crippen molar-refractivity contribution in [3.63, 3.8) is 0 Å². The van der Waals surface area contributed by atoms with Crippen LogP contribution in [0.3, 0.4) is 0 Å². The van der Waals surface area contributed by atoms with E-state index in [0.29, 0.717) is 18.4 Å². The van der Waals surface area contributed by atoms with Gasteiger partial charge in [-0.05, 0) is 48.9 Å². The number of anilines is 1. The number of hydrogen-bond donors (Lipinski definition) is 1. The number of nitrogens with two attached hydrogens (primary N) is 1. The Bertz CT molecular complexity index is 876. The second-order valence-corrected chi connectivity index (χ2v) is 8.37. The van der Waals surface area contributed by atoms with Gasteiger partial charge < -0.3 is 10.6 Å². The summed E-state index contributed by atoms with van der Waals surface area (Å²) in [5.41, 5.74) is 6.71. The molecule has 0 aromatic carbocycles. The van der Waals surface area contributed by atoms with Crippen LogP contribution in [0.4, 0.5) is 5.82 Å². The van der Waals surface area contributed by atoms with Gasteiger partial charge in [0.2, 0.25) is 5.91 Å². The van der Waals surface area contributed by atoms with E-state index in [4.69, 9.17) is 5.73 Å². The number of nitrogens with zero attached hydrogens (tertiary/aromatic N) is 6. The highest BCUT2D eigenvalue weighted by Gasteiger charge is 2.29. The van der Waals surface area contributed by atoms with Crippen molar-refractivity contribution >= 4 is 45.3 Å². The fraction of sp³-hybridized carbons (Fsp3) is 0.556. The summed E-state index contributed by atoms with van der Waals surface area (Å²) < 4.78 is 2.70. The van der Waals surface area contributed by atoms with Gasteiger partial charge >= 0.3 is 0 Å². The van der Waals surface area contributed by atoms with E-state index in [1.54, 1.807) is 6.08 Å². The molecule has 3 heterocycles. The van der Waals surface area contributed by atoms with E-state index in [1.807, 2.05) is 15.7 Å². The van der Waals surface area contributed by atoms with Crippen LogP contribution in [-0.2, 0) is 4.79 Å². The van der Waals surface area contributed by atoms with Gasteiger partial charge in [-0.25, -0.2) is 14.6 Å². The first-order valence-electron chi connectivity index (χ1n) is 9.34. The van der Waals surface area contributed by atoms with Crippen molar-refractivity contribution in [2.24, 2.45) is 0 Å². The zero-order valence-corrected chi connectivity index (χ0v) is 17.5. The van der Waals surface area contributed by atoms with E-state index in [0.717, 1.165) is 34.2 Å². The molecule has 0 unspecified atom stereocenters. The molecule has 1 amide bonds. The lowest BCUT2D eigenvalue weighted by Gasteiger charge is -2.33. The van der Waals surface area contributed by atoms with Crippen molar-refractivity contribution in [2.45, 2.75) is 37.8 Å². The van der Waals surface area contributed by atoms with Crippen LogP contribution in [0.5, 0.6) is 0 Å². The molecule has 2 aromatic rings. The molecule has 0 radical (unpaired) electrons. The van der Waals surface area contributed by atoms with Crippen molar-refractivity contribution in [1.82, 2.24) is 29.5 Å². The molecule has 2 fully saturated rings. The number of hydrogen-bond acceptors (Lipinski definition) is 6. The van der Waals surface area contributed by atoms with Gasteiger partial charge in [0, 0.05) is 31.8 Å². The number of amides is 1. The maximum atomic E-state index is 12.5.